The van der Waals surface area contributed by atoms with Crippen LogP contribution in [0.25, 0.3) is 0 Å². The van der Waals surface area contributed by atoms with E-state index in [9.17, 15) is 14.4 Å². The molecule has 0 aromatic heterocycles. The third kappa shape index (κ3) is 5.64. The van der Waals surface area contributed by atoms with E-state index in [0.717, 1.165) is 0 Å². The van der Waals surface area contributed by atoms with Crippen LogP contribution in [-0.2, 0) is 20.9 Å². The van der Waals surface area contributed by atoms with E-state index < -0.39 is 24.4 Å². The summed E-state index contributed by atoms with van der Waals surface area (Å²) in [5.41, 5.74) is 6.20. The molecular weight excluding hydrogens is 252 g/mol. The molecule has 0 saturated heterocycles. The molecule has 0 unspecified atom stereocenters. The molecule has 0 heterocycles. The number of primary amides is 1. The summed E-state index contributed by atoms with van der Waals surface area (Å²) in [6.45, 7) is -0.650. The number of ether oxygens (including phenoxy) is 1. The molecule has 0 fully saturated rings. The Morgan fingerprint density at radius 2 is 2.00 bits per heavy atom. The highest BCUT2D eigenvalue weighted by Gasteiger charge is 2.05. The zero-order valence-electron chi connectivity index (χ0n) is 10.1. The first-order chi connectivity index (χ1) is 8.99. The van der Waals surface area contributed by atoms with Gasteiger partial charge in [-0.05, 0) is 17.7 Å². The molecule has 1 aromatic rings. The van der Waals surface area contributed by atoms with Crippen molar-refractivity contribution < 1.29 is 24.2 Å². The van der Waals surface area contributed by atoms with Crippen molar-refractivity contribution in [3.63, 3.8) is 0 Å². The van der Waals surface area contributed by atoms with Crippen LogP contribution in [0.15, 0.2) is 24.3 Å². The van der Waals surface area contributed by atoms with Gasteiger partial charge < -0.3 is 20.9 Å². The first-order valence-electron chi connectivity index (χ1n) is 5.44. The third-order valence-corrected chi connectivity index (χ3v) is 2.16. The molecule has 7 nitrogen and oxygen atoms in total. The lowest BCUT2D eigenvalue weighted by molar-refractivity contribution is -0.143. The maximum Gasteiger partial charge on any atom is 0.329 e. The summed E-state index contributed by atoms with van der Waals surface area (Å²) >= 11 is 0. The highest BCUT2D eigenvalue weighted by Crippen LogP contribution is 2.04. The second-order valence-corrected chi connectivity index (χ2v) is 3.73. The van der Waals surface area contributed by atoms with Gasteiger partial charge in [0.25, 0.3) is 0 Å². The van der Waals surface area contributed by atoms with Gasteiger partial charge in [-0.15, -0.1) is 0 Å². The Balaban J connectivity index is 2.39. The van der Waals surface area contributed by atoms with Gasteiger partial charge in [-0.2, -0.15) is 0 Å². The number of nitrogens with two attached hydrogens (primary N) is 1. The first kappa shape index (κ1) is 14.7. The normalized spacial score (nSPS) is 9.89. The zero-order chi connectivity index (χ0) is 14.3. The predicted molar refractivity (Wildman–Crippen MR) is 65.3 cm³/mol. The standard InChI is InChI=1S/C12H14N2O5/c13-12(18)9-3-1-2-8(4-9)5-14-10(15)6-19-7-11(16)17/h1-4H,5-7H2,(H2,13,18)(H,14,15)(H,16,17). The van der Waals surface area contributed by atoms with Crippen molar-refractivity contribution in [2.75, 3.05) is 13.2 Å². The largest absolute Gasteiger partial charge is 0.480 e. The maximum absolute atomic E-state index is 11.3. The van der Waals surface area contributed by atoms with Crippen LogP contribution >= 0.6 is 0 Å². The van der Waals surface area contributed by atoms with E-state index >= 15 is 0 Å². The minimum absolute atomic E-state index is 0.205. The predicted octanol–water partition coefficient (Wildman–Crippen LogP) is -0.497. The Labute approximate surface area is 109 Å². The summed E-state index contributed by atoms with van der Waals surface area (Å²) in [6, 6.07) is 6.53. The first-order valence-corrected chi connectivity index (χ1v) is 5.44. The van der Waals surface area contributed by atoms with E-state index in [1.807, 2.05) is 0 Å². The fourth-order valence-corrected chi connectivity index (χ4v) is 1.32. The van der Waals surface area contributed by atoms with E-state index in [1.54, 1.807) is 24.3 Å². The highest BCUT2D eigenvalue weighted by atomic mass is 16.5. The Kier molecular flexibility index (Phi) is 5.49. The summed E-state index contributed by atoms with van der Waals surface area (Å²) in [4.78, 5) is 32.4. The van der Waals surface area contributed by atoms with Crippen LogP contribution in [0.3, 0.4) is 0 Å². The molecule has 19 heavy (non-hydrogen) atoms. The molecule has 102 valence electrons. The van der Waals surface area contributed by atoms with Gasteiger partial charge >= 0.3 is 5.97 Å². The van der Waals surface area contributed by atoms with Gasteiger partial charge in [0.05, 0.1) is 0 Å². The summed E-state index contributed by atoms with van der Waals surface area (Å²) in [7, 11) is 0. The second-order valence-electron chi connectivity index (χ2n) is 3.73. The number of benzene rings is 1. The number of hydrogen-bond acceptors (Lipinski definition) is 4. The van der Waals surface area contributed by atoms with Crippen LogP contribution in [0.1, 0.15) is 15.9 Å². The number of carbonyl (C=O) groups excluding carboxylic acids is 2. The molecule has 1 aromatic carbocycles. The van der Waals surface area contributed by atoms with Gasteiger partial charge in [-0.25, -0.2) is 4.79 Å². The maximum atomic E-state index is 11.3. The number of hydrogen-bond donors (Lipinski definition) is 3. The molecule has 0 spiro atoms. The lowest BCUT2D eigenvalue weighted by atomic mass is 10.1. The van der Waals surface area contributed by atoms with Crippen molar-refractivity contribution in [2.24, 2.45) is 5.73 Å². The molecule has 0 atom stereocenters. The van der Waals surface area contributed by atoms with Crippen molar-refractivity contribution in [2.45, 2.75) is 6.54 Å². The third-order valence-electron chi connectivity index (χ3n) is 2.16. The lowest BCUT2D eigenvalue weighted by Crippen LogP contribution is -2.28. The van der Waals surface area contributed by atoms with Gasteiger partial charge in [0.15, 0.2) is 0 Å². The molecule has 1 rings (SSSR count). The fourth-order valence-electron chi connectivity index (χ4n) is 1.32. The molecule has 0 bridgehead atoms. The Morgan fingerprint density at radius 3 is 2.63 bits per heavy atom. The van der Waals surface area contributed by atoms with Crippen LogP contribution in [0, 0.1) is 0 Å². The number of carbonyl (C=O) groups is 3. The molecule has 0 aliphatic carbocycles. The summed E-state index contributed by atoms with van der Waals surface area (Å²) in [5.74, 6) is -2.12. The van der Waals surface area contributed by atoms with E-state index in [2.05, 4.69) is 10.1 Å². The second kappa shape index (κ2) is 7.12. The van der Waals surface area contributed by atoms with Gasteiger partial charge in [0.2, 0.25) is 11.8 Å². The van der Waals surface area contributed by atoms with Crippen molar-refractivity contribution in [1.29, 1.82) is 0 Å². The molecule has 0 aliphatic rings. The van der Waals surface area contributed by atoms with E-state index in [1.165, 1.54) is 0 Å². The number of nitrogens with one attached hydrogen (secondary N) is 1. The minimum atomic E-state index is -1.14. The van der Waals surface area contributed by atoms with Crippen LogP contribution in [-0.4, -0.2) is 36.1 Å². The number of amides is 2. The summed E-state index contributed by atoms with van der Waals surface area (Å²) in [5, 5.41) is 10.8. The number of carboxylic acid groups (broad SMARTS) is 1. The number of carboxylic acids is 1. The zero-order valence-corrected chi connectivity index (χ0v) is 10.1. The molecule has 4 N–H and O–H groups in total. The Morgan fingerprint density at radius 1 is 1.26 bits per heavy atom. The molecule has 0 aliphatic heterocycles. The van der Waals surface area contributed by atoms with Crippen LogP contribution in [0.2, 0.25) is 0 Å². The minimum Gasteiger partial charge on any atom is -0.480 e. The molecule has 0 saturated carbocycles. The molecule has 2 amide bonds. The summed E-state index contributed by atoms with van der Waals surface area (Å²) in [6.07, 6.45) is 0. The molecule has 7 heteroatoms. The summed E-state index contributed by atoms with van der Waals surface area (Å²) < 4.78 is 4.62. The van der Waals surface area contributed by atoms with Crippen LogP contribution in [0.4, 0.5) is 0 Å². The smallest absolute Gasteiger partial charge is 0.329 e. The van der Waals surface area contributed by atoms with Crippen LogP contribution < -0.4 is 11.1 Å². The van der Waals surface area contributed by atoms with Crippen molar-refractivity contribution in [3.05, 3.63) is 35.4 Å². The van der Waals surface area contributed by atoms with Gasteiger partial charge in [-0.1, -0.05) is 12.1 Å². The van der Waals surface area contributed by atoms with Crippen LogP contribution in [0.5, 0.6) is 0 Å². The van der Waals surface area contributed by atoms with Crippen molar-refractivity contribution in [3.8, 4) is 0 Å². The Hall–Kier alpha value is -2.41. The van der Waals surface area contributed by atoms with E-state index in [-0.39, 0.29) is 13.2 Å². The average Bonchev–Trinajstić information content (AvgIpc) is 2.36. The molecular formula is C12H14N2O5. The fraction of sp³-hybridized carbons (Fsp3) is 0.250. The van der Waals surface area contributed by atoms with Gasteiger partial charge in [-0.3, -0.25) is 9.59 Å². The lowest BCUT2D eigenvalue weighted by Gasteiger charge is -2.06. The highest BCUT2D eigenvalue weighted by molar-refractivity contribution is 5.92. The van der Waals surface area contributed by atoms with E-state index in [0.29, 0.717) is 11.1 Å². The number of aliphatic carboxylic acids is 1. The van der Waals surface area contributed by atoms with Gasteiger partial charge in [0, 0.05) is 12.1 Å². The Bertz CT molecular complexity index is 487. The van der Waals surface area contributed by atoms with Crippen molar-refractivity contribution >= 4 is 17.8 Å². The van der Waals surface area contributed by atoms with Crippen molar-refractivity contribution in [1.82, 2.24) is 5.32 Å². The number of rotatable bonds is 7. The topological polar surface area (TPSA) is 119 Å². The average molecular weight is 266 g/mol. The van der Waals surface area contributed by atoms with Gasteiger partial charge in [0.1, 0.15) is 13.2 Å². The SMILES string of the molecule is NC(=O)c1cccc(CNC(=O)COCC(=O)O)c1. The quantitative estimate of drug-likeness (QED) is 0.615. The van der Waals surface area contributed by atoms with E-state index in [4.69, 9.17) is 10.8 Å². The molecule has 0 radical (unpaired) electrons. The monoisotopic (exact) mass is 266 g/mol.